The molecule has 47 valence electrons. The first-order valence-electron chi connectivity index (χ1n) is 2.36. The van der Waals surface area contributed by atoms with E-state index in [-0.39, 0.29) is 20.1 Å². The van der Waals surface area contributed by atoms with E-state index in [4.69, 9.17) is 0 Å². The molecule has 1 aromatic rings. The summed E-state index contributed by atoms with van der Waals surface area (Å²) in [5.41, 5.74) is 0.604. The van der Waals surface area contributed by atoms with Crippen LogP contribution in [0.5, 0.6) is 0 Å². The summed E-state index contributed by atoms with van der Waals surface area (Å²) < 4.78 is 0. The Hall–Kier alpha value is -0.461. The molecule has 0 saturated carbocycles. The van der Waals surface area contributed by atoms with Crippen LogP contribution in [0.1, 0.15) is 5.56 Å². The molecule has 0 aromatic heterocycles. The fourth-order valence-electron chi connectivity index (χ4n) is 0.506. The Bertz CT molecular complexity index is 172. The van der Waals surface area contributed by atoms with Crippen molar-refractivity contribution in [3.8, 4) is 0 Å². The predicted molar refractivity (Wildman–Crippen MR) is 31.2 cm³/mol. The van der Waals surface area contributed by atoms with Crippen molar-refractivity contribution in [3.05, 3.63) is 35.9 Å². The Labute approximate surface area is 67.4 Å². The van der Waals surface area contributed by atoms with Crippen LogP contribution in [-0.4, -0.2) is 6.29 Å². The normalized spacial score (nSPS) is 7.56. The molecule has 0 saturated heterocycles. The van der Waals surface area contributed by atoms with E-state index in [0.29, 0.717) is 5.56 Å². The first-order valence-corrected chi connectivity index (χ1v) is 2.36. The summed E-state index contributed by atoms with van der Waals surface area (Å²) in [6.45, 7) is 0. The minimum absolute atomic E-state index is 0. The molecule has 0 aliphatic rings. The Kier molecular flexibility index (Phi) is 4.20. The van der Waals surface area contributed by atoms with Gasteiger partial charge < -0.3 is 4.79 Å². The third-order valence-electron chi connectivity index (χ3n) is 0.892. The first-order chi connectivity index (χ1) is 3.93. The zero-order valence-electron chi connectivity index (χ0n) is 4.67. The van der Waals surface area contributed by atoms with Crippen LogP contribution in [-0.2, 0) is 24.9 Å². The molecule has 0 spiro atoms. The van der Waals surface area contributed by atoms with Crippen LogP contribution in [0.15, 0.2) is 30.3 Å². The standard InChI is InChI=1S/C7H5O.Tc/c8-6-7-4-2-1-3-5-7;/h1-5H;/q-1;. The summed E-state index contributed by atoms with van der Waals surface area (Å²) in [6.07, 6.45) is 1.78. The van der Waals surface area contributed by atoms with Crippen molar-refractivity contribution >= 4 is 6.29 Å². The molecule has 0 atom stereocenters. The van der Waals surface area contributed by atoms with Gasteiger partial charge in [0.15, 0.2) is 0 Å². The van der Waals surface area contributed by atoms with Crippen LogP contribution in [0.3, 0.4) is 0 Å². The van der Waals surface area contributed by atoms with Gasteiger partial charge >= 0.3 is 0 Å². The van der Waals surface area contributed by atoms with Crippen LogP contribution in [0, 0.1) is 0 Å². The Balaban J connectivity index is 0.000000640. The van der Waals surface area contributed by atoms with Gasteiger partial charge in [0, 0.05) is 20.1 Å². The minimum atomic E-state index is 0. The molecule has 0 amide bonds. The zero-order valence-corrected chi connectivity index (χ0v) is 6.53. The van der Waals surface area contributed by atoms with Gasteiger partial charge in [-0.2, -0.15) is 17.7 Å². The monoisotopic (exact) mass is 202 g/mol. The summed E-state index contributed by atoms with van der Waals surface area (Å²) in [4.78, 5) is 9.88. The number of rotatable bonds is 1. The van der Waals surface area contributed by atoms with E-state index in [2.05, 4.69) is 0 Å². The molecular weight excluding hydrogens is 198 g/mol. The summed E-state index contributed by atoms with van der Waals surface area (Å²) in [5.74, 6) is 0. The van der Waals surface area contributed by atoms with E-state index in [0.717, 1.165) is 0 Å². The molecule has 1 nitrogen and oxygen atoms in total. The van der Waals surface area contributed by atoms with Crippen LogP contribution >= 0.6 is 0 Å². The average Bonchev–Trinajstić information content (AvgIpc) is 1.90. The topological polar surface area (TPSA) is 17.1 Å². The van der Waals surface area contributed by atoms with Crippen LogP contribution in [0.25, 0.3) is 0 Å². The second-order valence-corrected chi connectivity index (χ2v) is 1.47. The van der Waals surface area contributed by atoms with E-state index >= 15 is 0 Å². The molecule has 0 N–H and O–H groups in total. The van der Waals surface area contributed by atoms with Crippen molar-refractivity contribution in [3.63, 3.8) is 0 Å². The van der Waals surface area contributed by atoms with Crippen LogP contribution in [0.2, 0.25) is 0 Å². The van der Waals surface area contributed by atoms with Crippen molar-refractivity contribution in [1.82, 2.24) is 0 Å². The number of hydrogen-bond donors (Lipinski definition) is 0. The van der Waals surface area contributed by atoms with Crippen molar-refractivity contribution in [2.24, 2.45) is 0 Å². The van der Waals surface area contributed by atoms with Gasteiger partial charge in [-0.15, -0.1) is 12.1 Å². The quantitative estimate of drug-likeness (QED) is 0.625. The molecule has 1 radical (unpaired) electrons. The van der Waals surface area contributed by atoms with Crippen molar-refractivity contribution in [2.45, 2.75) is 0 Å². The maximum atomic E-state index is 9.88. The fourth-order valence-corrected chi connectivity index (χ4v) is 0.506. The largest absolute Gasteiger partial charge is 0.376 e. The summed E-state index contributed by atoms with van der Waals surface area (Å²) in [6, 6.07) is 8.90. The van der Waals surface area contributed by atoms with Gasteiger partial charge in [-0.25, -0.2) is 0 Å². The second kappa shape index (κ2) is 4.42. The molecule has 2 heteroatoms. The van der Waals surface area contributed by atoms with Crippen molar-refractivity contribution in [1.29, 1.82) is 0 Å². The number of carbonyl (C=O) groups excluding carboxylic acids is 1. The molecular formula is C7H5OTc-. The zero-order chi connectivity index (χ0) is 5.82. The van der Waals surface area contributed by atoms with Gasteiger partial charge in [-0.1, -0.05) is 6.07 Å². The third-order valence-corrected chi connectivity index (χ3v) is 0.892. The molecule has 0 aliphatic carbocycles. The predicted octanol–water partition coefficient (Wildman–Crippen LogP) is 1.14. The molecule has 0 unspecified atom stereocenters. The van der Waals surface area contributed by atoms with Crippen LogP contribution < -0.4 is 0 Å². The molecule has 0 bridgehead atoms. The molecule has 9 heavy (non-hydrogen) atoms. The van der Waals surface area contributed by atoms with Crippen molar-refractivity contribution in [2.75, 3.05) is 0 Å². The van der Waals surface area contributed by atoms with Gasteiger partial charge in [0.05, 0.1) is 6.29 Å². The number of hydrogen-bond acceptors (Lipinski definition) is 1. The molecule has 0 heterocycles. The summed E-state index contributed by atoms with van der Waals surface area (Å²) in [7, 11) is 0. The molecule has 0 aliphatic heterocycles. The van der Waals surface area contributed by atoms with Crippen molar-refractivity contribution < 1.29 is 24.9 Å². The maximum Gasteiger partial charge on any atom is 0.0627 e. The van der Waals surface area contributed by atoms with E-state index in [1.807, 2.05) is 6.07 Å². The van der Waals surface area contributed by atoms with Gasteiger partial charge in [0.1, 0.15) is 0 Å². The smallest absolute Gasteiger partial charge is 0.0627 e. The minimum Gasteiger partial charge on any atom is -0.376 e. The van der Waals surface area contributed by atoms with Gasteiger partial charge in [0.25, 0.3) is 0 Å². The van der Waals surface area contributed by atoms with Gasteiger partial charge in [-0.05, 0) is 0 Å². The first kappa shape index (κ1) is 8.54. The second-order valence-electron chi connectivity index (χ2n) is 1.47. The Morgan fingerprint density at radius 3 is 2.00 bits per heavy atom. The molecule has 1 aromatic carbocycles. The van der Waals surface area contributed by atoms with Gasteiger partial charge in [-0.3, -0.25) is 0 Å². The molecule has 0 fully saturated rings. The van der Waals surface area contributed by atoms with Gasteiger partial charge in [0.2, 0.25) is 0 Å². The van der Waals surface area contributed by atoms with E-state index in [9.17, 15) is 4.79 Å². The fraction of sp³-hybridized carbons (Fsp3) is 0. The SMILES string of the molecule is O=[C-]c1ccccc1.[Tc]. The average molecular weight is 203 g/mol. The van der Waals surface area contributed by atoms with E-state index < -0.39 is 0 Å². The Morgan fingerprint density at radius 1 is 1.11 bits per heavy atom. The maximum absolute atomic E-state index is 9.88. The molecule has 1 rings (SSSR count). The number of benzene rings is 1. The Morgan fingerprint density at radius 2 is 1.67 bits per heavy atom. The van der Waals surface area contributed by atoms with E-state index in [1.54, 1.807) is 30.6 Å². The third kappa shape index (κ3) is 2.54. The summed E-state index contributed by atoms with van der Waals surface area (Å²) >= 11 is 0. The van der Waals surface area contributed by atoms with Crippen LogP contribution in [0.4, 0.5) is 0 Å². The van der Waals surface area contributed by atoms with E-state index in [1.165, 1.54) is 0 Å². The summed E-state index contributed by atoms with van der Waals surface area (Å²) in [5, 5.41) is 0.